The van der Waals surface area contributed by atoms with Gasteiger partial charge >= 0.3 is 6.03 Å². The molecule has 138 valence electrons. The third-order valence-corrected chi connectivity index (χ3v) is 4.22. The number of ether oxygens (including phenoxy) is 1. The van der Waals surface area contributed by atoms with Gasteiger partial charge in [0.1, 0.15) is 5.57 Å². The molecular weight excluding hydrogens is 348 g/mol. The van der Waals surface area contributed by atoms with Gasteiger partial charge in [0.25, 0.3) is 11.8 Å². The molecule has 0 spiro atoms. The van der Waals surface area contributed by atoms with Crippen LogP contribution in [-0.4, -0.2) is 30.1 Å². The van der Waals surface area contributed by atoms with E-state index in [0.717, 1.165) is 16.0 Å². The molecule has 1 heterocycles. The highest BCUT2D eigenvalue weighted by molar-refractivity contribution is 6.39. The summed E-state index contributed by atoms with van der Waals surface area (Å²) in [6, 6.07) is 9.00. The molecule has 2 N–H and O–H groups in total. The molecule has 1 fully saturated rings. The zero-order valence-electron chi connectivity index (χ0n) is 15.1. The second-order valence-electron chi connectivity index (χ2n) is 6.18. The number of barbiturate groups is 1. The minimum atomic E-state index is -0.792. The summed E-state index contributed by atoms with van der Waals surface area (Å²) in [6.07, 6.45) is 1.35. The van der Waals surface area contributed by atoms with Crippen LogP contribution in [-0.2, 0) is 9.59 Å². The van der Waals surface area contributed by atoms with Crippen molar-refractivity contribution in [2.24, 2.45) is 0 Å². The molecule has 7 nitrogen and oxygen atoms in total. The number of nitrogens with zero attached hydrogens (tertiary/aromatic N) is 1. The molecule has 0 aromatic heterocycles. The molecule has 27 heavy (non-hydrogen) atoms. The standard InChI is InChI=1S/C20H18N2O5/c1-11-4-5-12(2)15(8-11)22-19(25)14(18(24)21-20(22)26)9-13-6-7-16(23)17(10-13)27-3/h4-10,23H,1-3H3,(H,21,24,26)/b14-9-. The van der Waals surface area contributed by atoms with Crippen LogP contribution in [0.5, 0.6) is 11.5 Å². The van der Waals surface area contributed by atoms with E-state index in [4.69, 9.17) is 4.74 Å². The SMILES string of the molecule is COc1cc(/C=C2/C(=O)NC(=O)N(c3cc(C)ccc3C)C2=O)ccc1O. The van der Waals surface area contributed by atoms with E-state index >= 15 is 0 Å². The van der Waals surface area contributed by atoms with Crippen LogP contribution in [0.4, 0.5) is 10.5 Å². The average Bonchev–Trinajstić information content (AvgIpc) is 2.62. The predicted octanol–water partition coefficient (Wildman–Crippen LogP) is 2.68. The summed E-state index contributed by atoms with van der Waals surface area (Å²) in [6.45, 7) is 3.62. The quantitative estimate of drug-likeness (QED) is 0.643. The van der Waals surface area contributed by atoms with Crippen molar-refractivity contribution in [1.82, 2.24) is 5.32 Å². The predicted molar refractivity (Wildman–Crippen MR) is 99.6 cm³/mol. The summed E-state index contributed by atoms with van der Waals surface area (Å²) in [4.78, 5) is 38.4. The Balaban J connectivity index is 2.06. The number of carbonyl (C=O) groups is 3. The molecule has 0 saturated carbocycles. The summed E-state index contributed by atoms with van der Waals surface area (Å²) in [5, 5.41) is 11.9. The Kier molecular flexibility index (Phi) is 4.68. The molecule has 2 aromatic rings. The highest BCUT2D eigenvalue weighted by atomic mass is 16.5. The van der Waals surface area contributed by atoms with E-state index in [1.807, 2.05) is 13.0 Å². The monoisotopic (exact) mass is 366 g/mol. The fourth-order valence-electron chi connectivity index (χ4n) is 2.79. The maximum Gasteiger partial charge on any atom is 0.335 e. The number of hydrogen-bond acceptors (Lipinski definition) is 5. The zero-order valence-corrected chi connectivity index (χ0v) is 15.1. The van der Waals surface area contributed by atoms with E-state index in [1.54, 1.807) is 19.1 Å². The first-order valence-corrected chi connectivity index (χ1v) is 8.17. The van der Waals surface area contributed by atoms with Crippen LogP contribution in [0.1, 0.15) is 16.7 Å². The van der Waals surface area contributed by atoms with Gasteiger partial charge in [0, 0.05) is 0 Å². The number of aryl methyl sites for hydroxylation is 2. The maximum absolute atomic E-state index is 12.9. The topological polar surface area (TPSA) is 95.9 Å². The number of nitrogens with one attached hydrogen (secondary N) is 1. The van der Waals surface area contributed by atoms with Gasteiger partial charge in [-0.25, -0.2) is 9.69 Å². The van der Waals surface area contributed by atoms with Gasteiger partial charge in [-0.1, -0.05) is 18.2 Å². The average molecular weight is 366 g/mol. The minimum Gasteiger partial charge on any atom is -0.504 e. The largest absolute Gasteiger partial charge is 0.504 e. The Bertz CT molecular complexity index is 994. The van der Waals surface area contributed by atoms with Crippen molar-refractivity contribution in [3.8, 4) is 11.5 Å². The highest BCUT2D eigenvalue weighted by Crippen LogP contribution is 2.29. The molecule has 0 atom stereocenters. The lowest BCUT2D eigenvalue weighted by atomic mass is 10.0. The Labute approximate surface area is 155 Å². The molecule has 1 aliphatic rings. The number of methoxy groups -OCH3 is 1. The first kappa shape index (κ1) is 18.2. The van der Waals surface area contributed by atoms with Gasteiger partial charge in [-0.05, 0) is 54.8 Å². The molecule has 7 heteroatoms. The van der Waals surface area contributed by atoms with Gasteiger partial charge in [-0.15, -0.1) is 0 Å². The molecule has 0 radical (unpaired) electrons. The Morgan fingerprint density at radius 3 is 2.52 bits per heavy atom. The second-order valence-corrected chi connectivity index (χ2v) is 6.18. The lowest BCUT2D eigenvalue weighted by molar-refractivity contribution is -0.122. The van der Waals surface area contributed by atoms with Gasteiger partial charge < -0.3 is 9.84 Å². The van der Waals surface area contributed by atoms with Crippen LogP contribution >= 0.6 is 0 Å². The highest BCUT2D eigenvalue weighted by Gasteiger charge is 2.37. The van der Waals surface area contributed by atoms with Crippen LogP contribution in [0.25, 0.3) is 6.08 Å². The van der Waals surface area contributed by atoms with Gasteiger partial charge in [-0.2, -0.15) is 0 Å². The van der Waals surface area contributed by atoms with E-state index < -0.39 is 17.8 Å². The van der Waals surface area contributed by atoms with Crippen molar-refractivity contribution < 1.29 is 24.2 Å². The number of hydrogen-bond donors (Lipinski definition) is 2. The van der Waals surface area contributed by atoms with E-state index in [0.29, 0.717) is 11.3 Å². The number of aromatic hydroxyl groups is 1. The molecule has 0 unspecified atom stereocenters. The van der Waals surface area contributed by atoms with Crippen molar-refractivity contribution in [2.45, 2.75) is 13.8 Å². The molecule has 0 bridgehead atoms. The van der Waals surface area contributed by atoms with Gasteiger partial charge in [0.2, 0.25) is 0 Å². The normalized spacial score (nSPS) is 15.9. The number of phenolic OH excluding ortho intramolecular Hbond substituents is 1. The fourth-order valence-corrected chi connectivity index (χ4v) is 2.79. The summed E-state index contributed by atoms with van der Waals surface area (Å²) < 4.78 is 5.04. The Morgan fingerprint density at radius 1 is 1.07 bits per heavy atom. The second kappa shape index (κ2) is 6.95. The third kappa shape index (κ3) is 3.39. The number of rotatable bonds is 3. The van der Waals surface area contributed by atoms with Crippen LogP contribution in [0.2, 0.25) is 0 Å². The number of amides is 4. The molecular formula is C20H18N2O5. The van der Waals surface area contributed by atoms with Crippen LogP contribution in [0.15, 0.2) is 42.0 Å². The summed E-state index contributed by atoms with van der Waals surface area (Å²) in [5.41, 5.74) is 2.30. The molecule has 1 aliphatic heterocycles. The van der Waals surface area contributed by atoms with Crippen LogP contribution in [0, 0.1) is 13.8 Å². The van der Waals surface area contributed by atoms with Crippen molar-refractivity contribution >= 4 is 29.6 Å². The number of phenols is 1. The molecule has 3 rings (SSSR count). The minimum absolute atomic E-state index is 0.0636. The van der Waals surface area contributed by atoms with E-state index in [2.05, 4.69) is 5.32 Å². The van der Waals surface area contributed by atoms with Gasteiger partial charge in [0.15, 0.2) is 11.5 Å². The number of imide groups is 2. The smallest absolute Gasteiger partial charge is 0.335 e. The lowest BCUT2D eigenvalue weighted by Gasteiger charge is -2.27. The number of anilines is 1. The molecule has 1 saturated heterocycles. The van der Waals surface area contributed by atoms with Crippen molar-refractivity contribution in [3.05, 3.63) is 58.7 Å². The summed E-state index contributed by atoms with van der Waals surface area (Å²) in [7, 11) is 1.39. The van der Waals surface area contributed by atoms with Crippen molar-refractivity contribution in [2.75, 3.05) is 12.0 Å². The molecule has 2 aromatic carbocycles. The fraction of sp³-hybridized carbons (Fsp3) is 0.150. The Hall–Kier alpha value is -3.61. The first-order chi connectivity index (χ1) is 12.8. The van der Waals surface area contributed by atoms with Gasteiger partial charge in [-0.3, -0.25) is 14.9 Å². The van der Waals surface area contributed by atoms with Crippen LogP contribution in [0.3, 0.4) is 0 Å². The summed E-state index contributed by atoms with van der Waals surface area (Å²) >= 11 is 0. The lowest BCUT2D eigenvalue weighted by Crippen LogP contribution is -2.54. The first-order valence-electron chi connectivity index (χ1n) is 8.17. The summed E-state index contributed by atoms with van der Waals surface area (Å²) in [5.74, 6) is -1.36. The van der Waals surface area contributed by atoms with Gasteiger partial charge in [0.05, 0.1) is 12.8 Å². The molecule has 4 amide bonds. The van der Waals surface area contributed by atoms with E-state index in [-0.39, 0.29) is 17.1 Å². The zero-order chi connectivity index (χ0) is 19.7. The maximum atomic E-state index is 12.9. The van der Waals surface area contributed by atoms with Crippen LogP contribution < -0.4 is 15.0 Å². The number of benzene rings is 2. The van der Waals surface area contributed by atoms with E-state index in [9.17, 15) is 19.5 Å². The van der Waals surface area contributed by atoms with E-state index in [1.165, 1.54) is 31.4 Å². The number of carbonyl (C=O) groups excluding carboxylic acids is 3. The van der Waals surface area contributed by atoms with Crippen molar-refractivity contribution in [1.29, 1.82) is 0 Å². The molecule has 0 aliphatic carbocycles. The van der Waals surface area contributed by atoms with Crippen molar-refractivity contribution in [3.63, 3.8) is 0 Å². The number of urea groups is 1. The third-order valence-electron chi connectivity index (χ3n) is 4.22. The Morgan fingerprint density at radius 2 is 1.81 bits per heavy atom.